The molecule has 3 aromatic carbocycles. The summed E-state index contributed by atoms with van der Waals surface area (Å²) < 4.78 is 11.3. The second kappa shape index (κ2) is 9.54. The van der Waals surface area contributed by atoms with E-state index >= 15 is 0 Å². The Balaban J connectivity index is 1.43. The number of carbonyl (C=O) groups is 1. The monoisotopic (exact) mass is 411 g/mol. The van der Waals surface area contributed by atoms with Crippen molar-refractivity contribution in [3.63, 3.8) is 0 Å². The Morgan fingerprint density at radius 2 is 1.77 bits per heavy atom. The first-order valence-electron chi connectivity index (χ1n) is 9.77. The smallest absolute Gasteiger partial charge is 0.289 e. The highest BCUT2D eigenvalue weighted by Crippen LogP contribution is 2.28. The van der Waals surface area contributed by atoms with E-state index in [0.29, 0.717) is 23.8 Å². The Bertz CT molecular complexity index is 1220. The van der Waals surface area contributed by atoms with Gasteiger partial charge in [-0.1, -0.05) is 54.6 Å². The minimum absolute atomic E-state index is 0.303. The number of methoxy groups -OCH3 is 1. The van der Waals surface area contributed by atoms with Crippen LogP contribution in [0.4, 0.5) is 0 Å². The molecule has 0 aliphatic heterocycles. The number of para-hydroxylation sites is 1. The number of carbonyl (C=O) groups excluding carboxylic acids is 1. The number of fused-ring (bicyclic) bond motifs is 1. The van der Waals surface area contributed by atoms with Gasteiger partial charge in [-0.3, -0.25) is 4.79 Å². The van der Waals surface area contributed by atoms with Gasteiger partial charge in [0.05, 0.1) is 18.8 Å². The molecule has 0 aliphatic carbocycles. The van der Waals surface area contributed by atoms with Crippen LogP contribution in [-0.4, -0.2) is 24.2 Å². The molecule has 6 heteroatoms. The molecule has 4 rings (SSSR count). The zero-order chi connectivity index (χ0) is 21.5. The van der Waals surface area contributed by atoms with Crippen molar-refractivity contribution in [3.8, 4) is 11.5 Å². The summed E-state index contributed by atoms with van der Waals surface area (Å²) in [5.74, 6) is 0.839. The Morgan fingerprint density at radius 3 is 2.61 bits per heavy atom. The second-order valence-electron chi connectivity index (χ2n) is 6.77. The van der Waals surface area contributed by atoms with E-state index in [9.17, 15) is 4.79 Å². The highest BCUT2D eigenvalue weighted by atomic mass is 16.5. The van der Waals surface area contributed by atoms with E-state index in [2.05, 4.69) is 15.5 Å². The van der Waals surface area contributed by atoms with Crippen LogP contribution in [0.2, 0.25) is 0 Å². The molecule has 0 bridgehead atoms. The average Bonchev–Trinajstić information content (AvgIpc) is 2.83. The third-order valence-electron chi connectivity index (χ3n) is 4.64. The number of nitrogens with zero attached hydrogens (tertiary/aromatic N) is 2. The number of hydrogen-bond acceptors (Lipinski definition) is 5. The number of amides is 1. The van der Waals surface area contributed by atoms with E-state index in [1.807, 2.05) is 72.8 Å². The summed E-state index contributed by atoms with van der Waals surface area (Å²) in [5.41, 5.74) is 5.39. The zero-order valence-electron chi connectivity index (χ0n) is 17.0. The summed E-state index contributed by atoms with van der Waals surface area (Å²) in [4.78, 5) is 16.7. The molecule has 0 unspecified atom stereocenters. The van der Waals surface area contributed by atoms with Crippen LogP contribution in [0.1, 0.15) is 21.6 Å². The summed E-state index contributed by atoms with van der Waals surface area (Å²) in [6.07, 6.45) is 1.55. The molecule has 6 nitrogen and oxygen atoms in total. The lowest BCUT2D eigenvalue weighted by molar-refractivity contribution is 0.0950. The number of aromatic nitrogens is 1. The fourth-order valence-electron chi connectivity index (χ4n) is 3.04. The number of hydrogen-bond donors (Lipinski definition) is 1. The second-order valence-corrected chi connectivity index (χ2v) is 6.77. The molecule has 0 saturated carbocycles. The van der Waals surface area contributed by atoms with Crippen molar-refractivity contribution in [1.29, 1.82) is 0 Å². The molecule has 0 radical (unpaired) electrons. The molecule has 1 N–H and O–H groups in total. The van der Waals surface area contributed by atoms with E-state index in [1.165, 1.54) is 0 Å². The predicted octanol–water partition coefficient (Wildman–Crippen LogP) is 4.59. The Morgan fingerprint density at radius 1 is 0.968 bits per heavy atom. The van der Waals surface area contributed by atoms with Crippen LogP contribution < -0.4 is 14.9 Å². The fraction of sp³-hybridized carbons (Fsp3) is 0.0800. The van der Waals surface area contributed by atoms with Crippen molar-refractivity contribution >= 4 is 23.0 Å². The first-order chi connectivity index (χ1) is 15.2. The van der Waals surface area contributed by atoms with Crippen LogP contribution in [0.15, 0.2) is 90.0 Å². The minimum atomic E-state index is -0.379. The molecular weight excluding hydrogens is 390 g/mol. The van der Waals surface area contributed by atoms with Gasteiger partial charge in [0.1, 0.15) is 12.3 Å². The van der Waals surface area contributed by atoms with Gasteiger partial charge in [-0.05, 0) is 41.5 Å². The third kappa shape index (κ3) is 5.05. The summed E-state index contributed by atoms with van der Waals surface area (Å²) in [7, 11) is 1.59. The van der Waals surface area contributed by atoms with Crippen LogP contribution in [0.25, 0.3) is 10.9 Å². The number of pyridine rings is 1. The van der Waals surface area contributed by atoms with E-state index < -0.39 is 0 Å². The predicted molar refractivity (Wildman–Crippen MR) is 121 cm³/mol. The van der Waals surface area contributed by atoms with Crippen LogP contribution >= 0.6 is 0 Å². The van der Waals surface area contributed by atoms with E-state index in [0.717, 1.165) is 22.0 Å². The van der Waals surface area contributed by atoms with Crippen molar-refractivity contribution in [2.75, 3.05) is 7.11 Å². The maximum Gasteiger partial charge on any atom is 0.289 e. The van der Waals surface area contributed by atoms with Gasteiger partial charge < -0.3 is 9.47 Å². The van der Waals surface area contributed by atoms with Gasteiger partial charge in [0, 0.05) is 5.39 Å². The Kier molecular flexibility index (Phi) is 6.18. The van der Waals surface area contributed by atoms with Crippen LogP contribution in [-0.2, 0) is 6.61 Å². The number of rotatable bonds is 7. The first kappa shape index (κ1) is 20.1. The standard InChI is InChI=1S/C25H21N3O3/c1-30-23-14-11-19(15-24(23)31-17-18-7-3-2-4-8-18)16-26-28-25(29)22-13-12-20-9-5-6-10-21(20)27-22/h2-16H,17H2,1H3,(H,28,29)/b26-16-. The van der Waals surface area contributed by atoms with Gasteiger partial charge in [0.25, 0.3) is 5.91 Å². The molecule has 1 aromatic heterocycles. The van der Waals surface area contributed by atoms with Crippen molar-refractivity contribution in [2.24, 2.45) is 5.10 Å². The molecule has 0 fully saturated rings. The lowest BCUT2D eigenvalue weighted by Crippen LogP contribution is -2.18. The summed E-state index contributed by atoms with van der Waals surface area (Å²) in [6, 6.07) is 26.5. The lowest BCUT2D eigenvalue weighted by atomic mass is 10.2. The first-order valence-corrected chi connectivity index (χ1v) is 9.77. The van der Waals surface area contributed by atoms with E-state index in [1.54, 1.807) is 25.5 Å². The highest BCUT2D eigenvalue weighted by Gasteiger charge is 2.08. The van der Waals surface area contributed by atoms with Crippen LogP contribution in [0, 0.1) is 0 Å². The van der Waals surface area contributed by atoms with Gasteiger partial charge in [-0.15, -0.1) is 0 Å². The fourth-order valence-corrected chi connectivity index (χ4v) is 3.04. The van der Waals surface area contributed by atoms with Crippen molar-refractivity contribution < 1.29 is 14.3 Å². The van der Waals surface area contributed by atoms with Crippen LogP contribution in [0.5, 0.6) is 11.5 Å². The van der Waals surface area contributed by atoms with Crippen molar-refractivity contribution in [3.05, 3.63) is 102 Å². The maximum atomic E-state index is 12.4. The van der Waals surface area contributed by atoms with Crippen molar-refractivity contribution in [1.82, 2.24) is 10.4 Å². The molecule has 0 saturated heterocycles. The van der Waals surface area contributed by atoms with Gasteiger partial charge >= 0.3 is 0 Å². The molecule has 1 heterocycles. The maximum absolute atomic E-state index is 12.4. The molecule has 4 aromatic rings. The molecule has 1 amide bonds. The molecule has 0 aliphatic rings. The topological polar surface area (TPSA) is 72.8 Å². The largest absolute Gasteiger partial charge is 0.493 e. The average molecular weight is 411 g/mol. The molecule has 0 spiro atoms. The summed E-state index contributed by atoms with van der Waals surface area (Å²) in [5, 5.41) is 5.03. The highest BCUT2D eigenvalue weighted by molar-refractivity contribution is 5.95. The number of hydrazone groups is 1. The quantitative estimate of drug-likeness (QED) is 0.357. The molecule has 0 atom stereocenters. The Labute approximate surface area is 180 Å². The number of benzene rings is 3. The van der Waals surface area contributed by atoms with Gasteiger partial charge in [-0.25, -0.2) is 10.4 Å². The third-order valence-corrected chi connectivity index (χ3v) is 4.64. The van der Waals surface area contributed by atoms with Gasteiger partial charge in [0.15, 0.2) is 11.5 Å². The Hall–Kier alpha value is -4.19. The summed E-state index contributed by atoms with van der Waals surface area (Å²) in [6.45, 7) is 0.419. The van der Waals surface area contributed by atoms with Crippen molar-refractivity contribution in [2.45, 2.75) is 6.61 Å². The lowest BCUT2D eigenvalue weighted by Gasteiger charge is -2.11. The molecular formula is C25H21N3O3. The molecule has 31 heavy (non-hydrogen) atoms. The van der Waals surface area contributed by atoms with Crippen LogP contribution in [0.3, 0.4) is 0 Å². The van der Waals surface area contributed by atoms with Gasteiger partial charge in [-0.2, -0.15) is 5.10 Å². The number of nitrogens with one attached hydrogen (secondary N) is 1. The SMILES string of the molecule is COc1ccc(/C=N\NC(=O)c2ccc3ccccc3n2)cc1OCc1ccccc1. The summed E-state index contributed by atoms with van der Waals surface area (Å²) >= 11 is 0. The zero-order valence-corrected chi connectivity index (χ0v) is 17.0. The van der Waals surface area contributed by atoms with E-state index in [4.69, 9.17) is 9.47 Å². The number of ether oxygens (including phenoxy) is 2. The van der Waals surface area contributed by atoms with E-state index in [-0.39, 0.29) is 5.91 Å². The van der Waals surface area contributed by atoms with Gasteiger partial charge in [0.2, 0.25) is 0 Å². The minimum Gasteiger partial charge on any atom is -0.493 e. The molecule has 154 valence electrons. The normalized spacial score (nSPS) is 10.9.